The van der Waals surface area contributed by atoms with Gasteiger partial charge in [0, 0.05) is 48.4 Å². The number of nitrogens with zero attached hydrogens (tertiary/aromatic N) is 1. The fourth-order valence-electron chi connectivity index (χ4n) is 3.35. The fraction of sp³-hybridized carbons (Fsp3) is 0.529. The van der Waals surface area contributed by atoms with Crippen LogP contribution in [0.2, 0.25) is 0 Å². The molecule has 5 heteroatoms. The Balaban J connectivity index is 1.86. The molecule has 22 heavy (non-hydrogen) atoms. The smallest absolute Gasteiger partial charge is 0.157 e. The molecule has 1 saturated heterocycles. The minimum absolute atomic E-state index is 0.800. The summed E-state index contributed by atoms with van der Waals surface area (Å²) in [6.07, 6.45) is 0.989. The van der Waals surface area contributed by atoms with Gasteiger partial charge in [-0.1, -0.05) is 6.92 Å². The van der Waals surface area contributed by atoms with Crippen LogP contribution < -0.4 is 10.2 Å². The molecule has 0 saturated carbocycles. The topological polar surface area (TPSA) is 37.6 Å². The lowest BCUT2D eigenvalue weighted by Gasteiger charge is -2.29. The summed E-state index contributed by atoms with van der Waals surface area (Å²) in [5.41, 5.74) is 3.66. The van der Waals surface area contributed by atoms with Crippen LogP contribution in [0.3, 0.4) is 0 Å². The van der Waals surface area contributed by atoms with Gasteiger partial charge in [0.15, 0.2) is 5.58 Å². The highest BCUT2D eigenvalue weighted by Crippen LogP contribution is 2.38. The maximum absolute atomic E-state index is 6.28. The molecule has 1 fully saturated rings. The number of morpholine rings is 1. The quantitative estimate of drug-likeness (QED) is 0.881. The number of hydrogen-bond donors (Lipinski definition) is 1. The maximum atomic E-state index is 6.28. The Kier molecular flexibility index (Phi) is 4.03. The number of benzene rings is 1. The maximum Gasteiger partial charge on any atom is 0.157 e. The van der Waals surface area contributed by atoms with E-state index in [4.69, 9.17) is 9.15 Å². The molecule has 1 aromatic carbocycles. The average Bonchev–Trinajstić information content (AvgIpc) is 2.94. The largest absolute Gasteiger partial charge is 0.458 e. The number of ether oxygens (including phenoxy) is 1. The molecule has 2 aliphatic rings. The number of thioether (sulfide) groups is 1. The van der Waals surface area contributed by atoms with Gasteiger partial charge in [0.2, 0.25) is 0 Å². The molecule has 0 bridgehead atoms. The fourth-order valence-corrected chi connectivity index (χ4v) is 4.08. The van der Waals surface area contributed by atoms with E-state index in [1.165, 1.54) is 27.3 Å². The van der Waals surface area contributed by atoms with Crippen LogP contribution in [0, 0.1) is 0 Å². The second-order valence-electron chi connectivity index (χ2n) is 5.78. The van der Waals surface area contributed by atoms with E-state index in [2.05, 4.69) is 29.3 Å². The van der Waals surface area contributed by atoms with Gasteiger partial charge >= 0.3 is 0 Å². The van der Waals surface area contributed by atoms with Crippen molar-refractivity contribution in [3.05, 3.63) is 23.5 Å². The predicted octanol–water partition coefficient (Wildman–Crippen LogP) is 3.03. The van der Waals surface area contributed by atoms with Crippen molar-refractivity contribution in [3.63, 3.8) is 0 Å². The molecule has 0 atom stereocenters. The molecule has 4 nitrogen and oxygen atoms in total. The molecule has 0 amide bonds. The van der Waals surface area contributed by atoms with E-state index in [9.17, 15) is 0 Å². The predicted molar refractivity (Wildman–Crippen MR) is 91.1 cm³/mol. The zero-order chi connectivity index (χ0) is 14.9. The molecule has 3 heterocycles. The van der Waals surface area contributed by atoms with Crippen molar-refractivity contribution >= 4 is 28.4 Å². The highest BCUT2D eigenvalue weighted by molar-refractivity contribution is 7.99. The van der Waals surface area contributed by atoms with E-state index in [-0.39, 0.29) is 0 Å². The van der Waals surface area contributed by atoms with E-state index in [1.54, 1.807) is 0 Å². The van der Waals surface area contributed by atoms with Crippen LogP contribution in [0.15, 0.2) is 21.4 Å². The Morgan fingerprint density at radius 1 is 1.27 bits per heavy atom. The van der Waals surface area contributed by atoms with E-state index >= 15 is 0 Å². The Morgan fingerprint density at radius 3 is 2.95 bits per heavy atom. The highest BCUT2D eigenvalue weighted by atomic mass is 32.2. The lowest BCUT2D eigenvalue weighted by Crippen LogP contribution is -2.36. The first-order valence-corrected chi connectivity index (χ1v) is 9.10. The zero-order valence-corrected chi connectivity index (χ0v) is 13.8. The normalized spacial score (nSPS) is 18.7. The lowest BCUT2D eigenvalue weighted by atomic mass is 10.1. The van der Waals surface area contributed by atoms with Crippen molar-refractivity contribution in [2.24, 2.45) is 0 Å². The lowest BCUT2D eigenvalue weighted by molar-refractivity contribution is 0.122. The molecule has 0 aliphatic carbocycles. The van der Waals surface area contributed by atoms with E-state index in [1.807, 2.05) is 11.8 Å². The van der Waals surface area contributed by atoms with E-state index in [0.717, 1.165) is 57.1 Å². The molecular formula is C17H22N2O2S. The third-order valence-corrected chi connectivity index (χ3v) is 5.28. The van der Waals surface area contributed by atoms with Crippen molar-refractivity contribution in [1.82, 2.24) is 5.32 Å². The van der Waals surface area contributed by atoms with Gasteiger partial charge < -0.3 is 19.4 Å². The molecule has 2 aliphatic heterocycles. The summed E-state index contributed by atoms with van der Waals surface area (Å²) >= 11 is 1.90. The summed E-state index contributed by atoms with van der Waals surface area (Å²) < 4.78 is 11.8. The molecule has 1 aromatic heterocycles. The number of fused-ring (bicyclic) bond motifs is 3. The number of anilines is 1. The van der Waals surface area contributed by atoms with Crippen LogP contribution in [0.4, 0.5) is 5.69 Å². The SMILES string of the molecule is CCSc1cc(N2CCOCC2)c2oc3c(c2c1)CNCC3. The zero-order valence-electron chi connectivity index (χ0n) is 13.0. The first-order chi connectivity index (χ1) is 10.9. The van der Waals surface area contributed by atoms with Gasteiger partial charge in [-0.25, -0.2) is 0 Å². The first kappa shape index (κ1) is 14.4. The summed E-state index contributed by atoms with van der Waals surface area (Å²) in [6.45, 7) is 7.62. The van der Waals surface area contributed by atoms with Crippen molar-refractivity contribution in [2.45, 2.75) is 24.8 Å². The Morgan fingerprint density at radius 2 is 2.14 bits per heavy atom. The van der Waals surface area contributed by atoms with Crippen LogP contribution in [0.25, 0.3) is 11.0 Å². The second kappa shape index (κ2) is 6.14. The van der Waals surface area contributed by atoms with Crippen LogP contribution >= 0.6 is 11.8 Å². The van der Waals surface area contributed by atoms with Crippen LogP contribution in [0.5, 0.6) is 0 Å². The van der Waals surface area contributed by atoms with Gasteiger partial charge in [-0.15, -0.1) is 11.8 Å². The van der Waals surface area contributed by atoms with Crippen molar-refractivity contribution in [1.29, 1.82) is 0 Å². The van der Waals surface area contributed by atoms with Gasteiger partial charge in [0.1, 0.15) is 5.76 Å². The summed E-state index contributed by atoms with van der Waals surface area (Å²) in [5.74, 6) is 2.26. The molecule has 0 radical (unpaired) electrons. The van der Waals surface area contributed by atoms with E-state index < -0.39 is 0 Å². The standard InChI is InChI=1S/C17H22N2O2S/c1-2-22-12-9-13-14-11-18-4-3-16(14)21-17(13)15(10-12)19-5-7-20-8-6-19/h9-10,18H,2-8,11H2,1H3. The van der Waals surface area contributed by atoms with Crippen LogP contribution in [-0.2, 0) is 17.7 Å². The summed E-state index contributed by atoms with van der Waals surface area (Å²) in [6, 6.07) is 4.60. The minimum Gasteiger partial charge on any atom is -0.458 e. The van der Waals surface area contributed by atoms with Crippen molar-refractivity contribution in [3.8, 4) is 0 Å². The molecular weight excluding hydrogens is 296 g/mol. The van der Waals surface area contributed by atoms with Gasteiger partial charge in [0.05, 0.1) is 18.9 Å². The van der Waals surface area contributed by atoms with Crippen LogP contribution in [-0.4, -0.2) is 38.6 Å². The Bertz CT molecular complexity index is 677. The molecule has 4 rings (SSSR count). The third kappa shape index (κ3) is 2.51. The van der Waals surface area contributed by atoms with Gasteiger partial charge in [-0.3, -0.25) is 0 Å². The number of furan rings is 1. The average molecular weight is 318 g/mol. The van der Waals surface area contributed by atoms with Crippen molar-refractivity contribution < 1.29 is 9.15 Å². The van der Waals surface area contributed by atoms with Crippen LogP contribution in [0.1, 0.15) is 18.2 Å². The monoisotopic (exact) mass is 318 g/mol. The minimum atomic E-state index is 0.800. The molecule has 118 valence electrons. The summed E-state index contributed by atoms with van der Waals surface area (Å²) in [4.78, 5) is 3.75. The molecule has 2 aromatic rings. The Labute approximate surface area is 135 Å². The summed E-state index contributed by atoms with van der Waals surface area (Å²) in [5, 5.41) is 4.76. The molecule has 1 N–H and O–H groups in total. The molecule has 0 spiro atoms. The van der Waals surface area contributed by atoms with Gasteiger partial charge in [0.25, 0.3) is 0 Å². The van der Waals surface area contributed by atoms with E-state index in [0.29, 0.717) is 0 Å². The number of rotatable bonds is 3. The van der Waals surface area contributed by atoms with Gasteiger partial charge in [-0.2, -0.15) is 0 Å². The first-order valence-electron chi connectivity index (χ1n) is 8.11. The van der Waals surface area contributed by atoms with Gasteiger partial charge in [-0.05, 0) is 17.9 Å². The molecule has 0 unspecified atom stereocenters. The highest BCUT2D eigenvalue weighted by Gasteiger charge is 2.23. The van der Waals surface area contributed by atoms with Crippen molar-refractivity contribution in [2.75, 3.05) is 43.5 Å². The number of nitrogens with one attached hydrogen (secondary N) is 1. The second-order valence-corrected chi connectivity index (χ2v) is 7.12. The third-order valence-electron chi connectivity index (χ3n) is 4.42. The number of hydrogen-bond acceptors (Lipinski definition) is 5. The summed E-state index contributed by atoms with van der Waals surface area (Å²) in [7, 11) is 0. The Hall–Kier alpha value is -1.17.